The fourth-order valence-corrected chi connectivity index (χ4v) is 5.40. The van der Waals surface area contributed by atoms with E-state index in [0.29, 0.717) is 25.0 Å². The Hall–Kier alpha value is -2.03. The number of carbonyl (C=O) groups is 2. The number of nitrogens with two attached hydrogens (primary N) is 1. The summed E-state index contributed by atoms with van der Waals surface area (Å²) in [7, 11) is 0. The monoisotopic (exact) mass is 489 g/mol. The van der Waals surface area contributed by atoms with Crippen LogP contribution in [0, 0.1) is 0 Å². The number of piperidine rings is 1. The molecule has 1 saturated heterocycles. The van der Waals surface area contributed by atoms with Crippen molar-refractivity contribution < 1.29 is 14.3 Å². The molecule has 2 aromatic rings. The van der Waals surface area contributed by atoms with E-state index in [-0.39, 0.29) is 12.5 Å². The van der Waals surface area contributed by atoms with E-state index >= 15 is 0 Å². The maximum atomic E-state index is 12.7. The molecule has 1 aliphatic rings. The number of rotatable bonds is 12. The van der Waals surface area contributed by atoms with E-state index in [9.17, 15) is 9.59 Å². The van der Waals surface area contributed by atoms with Crippen LogP contribution in [0.4, 0.5) is 0 Å². The molecule has 0 aliphatic carbocycles. The minimum absolute atomic E-state index is 0.116. The Labute approximate surface area is 206 Å². The molecule has 3 N–H and O–H groups in total. The molecule has 0 spiro atoms. The number of nitrogens with one attached hydrogen (secondary N) is 1. The van der Waals surface area contributed by atoms with Crippen molar-refractivity contribution in [2.75, 3.05) is 19.6 Å². The molecule has 3 rings (SSSR count). The van der Waals surface area contributed by atoms with Gasteiger partial charge >= 0.3 is 0 Å². The average molecular weight is 490 g/mol. The Morgan fingerprint density at radius 2 is 2.03 bits per heavy atom. The van der Waals surface area contributed by atoms with Gasteiger partial charge in [-0.3, -0.25) is 14.5 Å². The Bertz CT molecular complexity index is 900. The average Bonchev–Trinajstić information content (AvgIpc) is 3.31. The maximum absolute atomic E-state index is 12.7. The van der Waals surface area contributed by atoms with Gasteiger partial charge in [0.05, 0.1) is 11.7 Å². The minimum Gasteiger partial charge on any atom is -0.476 e. The van der Waals surface area contributed by atoms with E-state index in [4.69, 9.17) is 10.5 Å². The number of carbonyl (C=O) groups excluding carboxylic acids is 2. The van der Waals surface area contributed by atoms with Gasteiger partial charge in [0.25, 0.3) is 5.91 Å². The molecule has 33 heavy (non-hydrogen) atoms. The predicted octanol–water partition coefficient (Wildman–Crippen LogP) is 3.79. The lowest BCUT2D eigenvalue weighted by Crippen LogP contribution is -2.58. The van der Waals surface area contributed by atoms with Gasteiger partial charge in [-0.05, 0) is 61.5 Å². The second-order valence-electron chi connectivity index (χ2n) is 8.67. The first-order valence-corrected chi connectivity index (χ1v) is 13.1. The summed E-state index contributed by atoms with van der Waals surface area (Å²) in [6.07, 6.45) is 5.16. The molecule has 8 heteroatoms. The summed E-state index contributed by atoms with van der Waals surface area (Å²) in [6.45, 7) is 5.23. The Balaban J connectivity index is 1.69. The zero-order valence-electron chi connectivity index (χ0n) is 19.3. The first kappa shape index (κ1) is 25.6. The third-order valence-electron chi connectivity index (χ3n) is 6.04. The van der Waals surface area contributed by atoms with Crippen LogP contribution in [-0.2, 0) is 22.6 Å². The van der Waals surface area contributed by atoms with Crippen LogP contribution < -0.4 is 15.8 Å². The second-order valence-corrected chi connectivity index (χ2v) is 10.3. The minimum atomic E-state index is -1.32. The highest BCUT2D eigenvalue weighted by Crippen LogP contribution is 2.30. The van der Waals surface area contributed by atoms with Gasteiger partial charge in [0, 0.05) is 18.0 Å². The van der Waals surface area contributed by atoms with E-state index in [1.54, 1.807) is 0 Å². The SMILES string of the molecule is CCCC(Oc1cccc(CN2CCCCC2)c1)(C(N)=O)C(S)CNC(=O)Cc1cccs1. The van der Waals surface area contributed by atoms with Gasteiger partial charge in [0.2, 0.25) is 5.91 Å². The van der Waals surface area contributed by atoms with E-state index in [2.05, 4.69) is 28.9 Å². The molecule has 1 aromatic heterocycles. The molecule has 2 heterocycles. The molecule has 1 aromatic carbocycles. The molecule has 0 radical (unpaired) electrons. The van der Waals surface area contributed by atoms with Gasteiger partial charge in [-0.25, -0.2) is 0 Å². The van der Waals surface area contributed by atoms with Crippen LogP contribution in [0.5, 0.6) is 5.75 Å². The number of nitrogens with zero attached hydrogens (tertiary/aromatic N) is 1. The molecular formula is C25H35N3O3S2. The van der Waals surface area contributed by atoms with Gasteiger partial charge in [-0.1, -0.05) is 38.0 Å². The van der Waals surface area contributed by atoms with Crippen molar-refractivity contribution in [2.45, 2.75) is 62.8 Å². The Morgan fingerprint density at radius 3 is 2.70 bits per heavy atom. The van der Waals surface area contributed by atoms with Crippen molar-refractivity contribution in [2.24, 2.45) is 5.73 Å². The number of likely N-dealkylation sites (tertiary alicyclic amines) is 1. The molecule has 2 unspecified atom stereocenters. The number of primary amides is 1. The standard InChI is InChI=1S/C25H35N3O3S2/c1-2-11-25(24(26)30,22(32)17-27-23(29)16-21-10-7-14-33-21)31-20-9-6-8-19(15-20)18-28-12-4-3-5-13-28/h6-10,14-15,22,32H,2-5,11-13,16-18H2,1H3,(H2,26,30)(H,27,29). The number of hydrogen-bond acceptors (Lipinski definition) is 6. The van der Waals surface area contributed by atoms with Gasteiger partial charge in [-0.15, -0.1) is 11.3 Å². The van der Waals surface area contributed by atoms with Crippen molar-refractivity contribution in [3.63, 3.8) is 0 Å². The summed E-state index contributed by atoms with van der Waals surface area (Å²) in [5, 5.41) is 4.24. The number of amides is 2. The van der Waals surface area contributed by atoms with Crippen molar-refractivity contribution >= 4 is 35.8 Å². The second kappa shape index (κ2) is 12.4. The Morgan fingerprint density at radius 1 is 1.24 bits per heavy atom. The molecule has 0 saturated carbocycles. The van der Waals surface area contributed by atoms with Crippen molar-refractivity contribution in [1.29, 1.82) is 0 Å². The fourth-order valence-electron chi connectivity index (χ4n) is 4.30. The van der Waals surface area contributed by atoms with E-state index in [0.717, 1.165) is 30.1 Å². The van der Waals surface area contributed by atoms with Gasteiger partial charge < -0.3 is 15.8 Å². The number of thiophene rings is 1. The van der Waals surface area contributed by atoms with Crippen molar-refractivity contribution in [3.8, 4) is 5.75 Å². The molecule has 180 valence electrons. The topological polar surface area (TPSA) is 84.7 Å². The van der Waals surface area contributed by atoms with E-state index < -0.39 is 16.8 Å². The molecule has 6 nitrogen and oxygen atoms in total. The number of thiol groups is 1. The lowest BCUT2D eigenvalue weighted by molar-refractivity contribution is -0.134. The van der Waals surface area contributed by atoms with Gasteiger partial charge in [0.15, 0.2) is 5.60 Å². The van der Waals surface area contributed by atoms with Crippen LogP contribution in [0.15, 0.2) is 41.8 Å². The summed E-state index contributed by atoms with van der Waals surface area (Å²) in [4.78, 5) is 28.5. The predicted molar refractivity (Wildman–Crippen MR) is 137 cm³/mol. The maximum Gasteiger partial charge on any atom is 0.262 e. The first-order chi connectivity index (χ1) is 15.9. The zero-order chi connectivity index (χ0) is 23.7. The molecule has 1 fully saturated rings. The third kappa shape index (κ3) is 7.22. The van der Waals surface area contributed by atoms with Crippen molar-refractivity contribution in [1.82, 2.24) is 10.2 Å². The molecule has 0 bridgehead atoms. The van der Waals surface area contributed by atoms with Crippen LogP contribution in [0.1, 0.15) is 49.5 Å². The molecule has 1 aliphatic heterocycles. The highest BCUT2D eigenvalue weighted by Gasteiger charge is 2.45. The lowest BCUT2D eigenvalue weighted by atomic mass is 9.91. The largest absolute Gasteiger partial charge is 0.476 e. The van der Waals surface area contributed by atoms with Crippen LogP contribution >= 0.6 is 24.0 Å². The zero-order valence-corrected chi connectivity index (χ0v) is 21.0. The lowest BCUT2D eigenvalue weighted by Gasteiger charge is -2.36. The number of benzene rings is 1. The van der Waals surface area contributed by atoms with Crippen LogP contribution in [0.2, 0.25) is 0 Å². The smallest absolute Gasteiger partial charge is 0.262 e. The van der Waals surface area contributed by atoms with E-state index in [1.165, 1.54) is 30.6 Å². The summed E-state index contributed by atoms with van der Waals surface area (Å²) in [6, 6.07) is 11.7. The van der Waals surface area contributed by atoms with Gasteiger partial charge in [0.1, 0.15) is 5.75 Å². The Kier molecular flexibility index (Phi) is 9.64. The summed E-state index contributed by atoms with van der Waals surface area (Å²) >= 11 is 6.23. The fraction of sp³-hybridized carbons (Fsp3) is 0.520. The highest BCUT2D eigenvalue weighted by atomic mass is 32.1. The van der Waals surface area contributed by atoms with Crippen LogP contribution in [0.3, 0.4) is 0 Å². The highest BCUT2D eigenvalue weighted by molar-refractivity contribution is 7.81. The summed E-state index contributed by atoms with van der Waals surface area (Å²) < 4.78 is 6.32. The first-order valence-electron chi connectivity index (χ1n) is 11.7. The van der Waals surface area contributed by atoms with Crippen LogP contribution in [-0.4, -0.2) is 47.2 Å². The van der Waals surface area contributed by atoms with Gasteiger partial charge in [-0.2, -0.15) is 12.6 Å². The van der Waals surface area contributed by atoms with E-state index in [1.807, 2.05) is 42.6 Å². The molecule has 2 amide bonds. The summed E-state index contributed by atoms with van der Waals surface area (Å²) in [5.74, 6) is -0.0890. The quantitative estimate of drug-likeness (QED) is 0.396. The van der Waals surface area contributed by atoms with Crippen molar-refractivity contribution in [3.05, 3.63) is 52.2 Å². The third-order valence-corrected chi connectivity index (χ3v) is 7.51. The summed E-state index contributed by atoms with van der Waals surface area (Å²) in [5.41, 5.74) is 5.70. The normalized spacial score (nSPS) is 17.2. The number of hydrogen-bond donors (Lipinski definition) is 3. The van der Waals surface area contributed by atoms with Crippen LogP contribution in [0.25, 0.3) is 0 Å². The molecule has 2 atom stereocenters. The number of ether oxygens (including phenoxy) is 1. The molecular weight excluding hydrogens is 454 g/mol.